The Morgan fingerprint density at radius 1 is 1.60 bits per heavy atom. The third-order valence-corrected chi connectivity index (χ3v) is 2.03. The molecule has 78 valence electrons. The maximum atomic E-state index is 10.9. The fourth-order valence-electron chi connectivity index (χ4n) is 1.06. The minimum Gasteiger partial charge on any atom is -0.497 e. The molecule has 15 heavy (non-hydrogen) atoms. The van der Waals surface area contributed by atoms with Gasteiger partial charge in [0.25, 0.3) is 0 Å². The molecule has 4 heteroatoms. The topological polar surface area (TPSA) is 46.5 Å². The van der Waals surface area contributed by atoms with E-state index in [9.17, 15) is 4.79 Å². The van der Waals surface area contributed by atoms with E-state index in [1.807, 2.05) is 0 Å². The van der Waals surface area contributed by atoms with E-state index in [1.54, 1.807) is 12.1 Å². The van der Waals surface area contributed by atoms with E-state index < -0.39 is 5.97 Å². The van der Waals surface area contributed by atoms with Crippen LogP contribution >= 0.6 is 15.9 Å². The summed E-state index contributed by atoms with van der Waals surface area (Å²) >= 11 is 3.15. The number of alkyl halides is 1. The van der Waals surface area contributed by atoms with Crippen LogP contribution in [0.4, 0.5) is 0 Å². The Morgan fingerprint density at radius 2 is 2.33 bits per heavy atom. The first-order valence-electron chi connectivity index (χ1n) is 4.15. The van der Waals surface area contributed by atoms with Crippen molar-refractivity contribution in [2.75, 3.05) is 12.4 Å². The van der Waals surface area contributed by atoms with Crippen LogP contribution < -0.4 is 4.74 Å². The number of aromatic carboxylic acids is 1. The highest BCUT2D eigenvalue weighted by Crippen LogP contribution is 2.17. The van der Waals surface area contributed by atoms with Crippen molar-refractivity contribution in [3.63, 3.8) is 0 Å². The van der Waals surface area contributed by atoms with Gasteiger partial charge in [0.2, 0.25) is 0 Å². The zero-order valence-corrected chi connectivity index (χ0v) is 9.67. The molecule has 0 fully saturated rings. The fraction of sp³-hybridized carbons (Fsp3) is 0.182. The van der Waals surface area contributed by atoms with Gasteiger partial charge < -0.3 is 9.84 Å². The van der Waals surface area contributed by atoms with Crippen molar-refractivity contribution < 1.29 is 14.6 Å². The molecule has 0 aromatic heterocycles. The normalized spacial score (nSPS) is 8.93. The molecular weight excluding hydrogens is 260 g/mol. The van der Waals surface area contributed by atoms with E-state index in [1.165, 1.54) is 13.2 Å². The predicted molar refractivity (Wildman–Crippen MR) is 60.6 cm³/mol. The lowest BCUT2D eigenvalue weighted by molar-refractivity contribution is 0.0696. The molecule has 0 heterocycles. The van der Waals surface area contributed by atoms with E-state index >= 15 is 0 Å². The van der Waals surface area contributed by atoms with Crippen LogP contribution in [0.25, 0.3) is 0 Å². The standard InChI is InChI=1S/C11H9BrO3/c1-15-9-5-4-8(3-2-6-12)10(7-9)11(13)14/h4-5,7H,6H2,1H3,(H,13,14). The summed E-state index contributed by atoms with van der Waals surface area (Å²) < 4.78 is 4.94. The summed E-state index contributed by atoms with van der Waals surface area (Å²) in [6.07, 6.45) is 0. The summed E-state index contributed by atoms with van der Waals surface area (Å²) in [6.45, 7) is 0. The van der Waals surface area contributed by atoms with Crippen molar-refractivity contribution in [1.82, 2.24) is 0 Å². The second kappa shape index (κ2) is 5.42. The van der Waals surface area contributed by atoms with Crippen molar-refractivity contribution in [3.05, 3.63) is 29.3 Å². The summed E-state index contributed by atoms with van der Waals surface area (Å²) in [7, 11) is 1.49. The van der Waals surface area contributed by atoms with Gasteiger partial charge in [-0.15, -0.1) is 0 Å². The number of carboxylic acids is 1. The van der Waals surface area contributed by atoms with Gasteiger partial charge in [0.05, 0.1) is 18.0 Å². The van der Waals surface area contributed by atoms with Gasteiger partial charge in [0, 0.05) is 5.56 Å². The first kappa shape index (κ1) is 11.6. The molecule has 0 saturated carbocycles. The Hall–Kier alpha value is -1.47. The Labute approximate surface area is 96.2 Å². The van der Waals surface area contributed by atoms with Gasteiger partial charge in [-0.2, -0.15) is 0 Å². The van der Waals surface area contributed by atoms with E-state index in [-0.39, 0.29) is 5.56 Å². The van der Waals surface area contributed by atoms with E-state index in [0.29, 0.717) is 16.6 Å². The molecule has 0 bridgehead atoms. The molecule has 0 unspecified atom stereocenters. The lowest BCUT2D eigenvalue weighted by Gasteiger charge is -2.03. The molecule has 1 aromatic rings. The molecule has 1 rings (SSSR count). The minimum atomic E-state index is -1.01. The molecule has 0 saturated heterocycles. The number of halogens is 1. The second-order valence-corrected chi connectivity index (χ2v) is 3.21. The molecular formula is C11H9BrO3. The molecule has 0 amide bonds. The van der Waals surface area contributed by atoms with Crippen molar-refractivity contribution >= 4 is 21.9 Å². The number of methoxy groups -OCH3 is 1. The highest BCUT2D eigenvalue weighted by atomic mass is 79.9. The van der Waals surface area contributed by atoms with Gasteiger partial charge in [0.1, 0.15) is 5.75 Å². The maximum Gasteiger partial charge on any atom is 0.337 e. The van der Waals surface area contributed by atoms with Crippen LogP contribution in [0, 0.1) is 11.8 Å². The zero-order valence-electron chi connectivity index (χ0n) is 8.08. The fourth-order valence-corrected chi connectivity index (χ4v) is 1.21. The molecule has 0 atom stereocenters. The van der Waals surface area contributed by atoms with Crippen molar-refractivity contribution in [1.29, 1.82) is 0 Å². The van der Waals surface area contributed by atoms with E-state index in [2.05, 4.69) is 27.8 Å². The molecule has 0 aliphatic carbocycles. The molecule has 3 nitrogen and oxygen atoms in total. The minimum absolute atomic E-state index is 0.155. The third kappa shape index (κ3) is 3.00. The number of ether oxygens (including phenoxy) is 1. The van der Waals surface area contributed by atoms with Crippen LogP contribution in [-0.2, 0) is 0 Å². The number of rotatable bonds is 2. The largest absolute Gasteiger partial charge is 0.497 e. The van der Waals surface area contributed by atoms with Gasteiger partial charge in [0.15, 0.2) is 0 Å². The van der Waals surface area contributed by atoms with E-state index in [4.69, 9.17) is 9.84 Å². The summed E-state index contributed by atoms with van der Waals surface area (Å²) in [4.78, 5) is 10.9. The summed E-state index contributed by atoms with van der Waals surface area (Å²) in [6, 6.07) is 4.78. The Balaban J connectivity index is 3.21. The molecule has 0 spiro atoms. The number of hydrogen-bond acceptors (Lipinski definition) is 2. The third-order valence-electron chi connectivity index (χ3n) is 1.75. The SMILES string of the molecule is COc1ccc(C#CCBr)c(C(=O)O)c1. The number of carboxylic acid groups (broad SMARTS) is 1. The maximum absolute atomic E-state index is 10.9. The summed E-state index contributed by atoms with van der Waals surface area (Å²) in [5.74, 6) is 5.03. The average Bonchev–Trinajstić information content (AvgIpc) is 2.26. The zero-order chi connectivity index (χ0) is 11.3. The summed E-state index contributed by atoms with van der Waals surface area (Å²) in [5.41, 5.74) is 0.644. The predicted octanol–water partition coefficient (Wildman–Crippen LogP) is 2.14. The Morgan fingerprint density at radius 3 is 2.87 bits per heavy atom. The second-order valence-electron chi connectivity index (χ2n) is 2.65. The Bertz CT molecular complexity index is 429. The monoisotopic (exact) mass is 268 g/mol. The van der Waals surface area contributed by atoms with Crippen LogP contribution in [0.15, 0.2) is 18.2 Å². The van der Waals surface area contributed by atoms with Crippen LogP contribution in [0.1, 0.15) is 15.9 Å². The smallest absolute Gasteiger partial charge is 0.337 e. The molecule has 1 aromatic carbocycles. The lowest BCUT2D eigenvalue weighted by Crippen LogP contribution is -2.00. The highest BCUT2D eigenvalue weighted by Gasteiger charge is 2.09. The average molecular weight is 269 g/mol. The van der Waals surface area contributed by atoms with Crippen LogP contribution in [0.2, 0.25) is 0 Å². The quantitative estimate of drug-likeness (QED) is 0.661. The number of hydrogen-bond donors (Lipinski definition) is 1. The lowest BCUT2D eigenvalue weighted by atomic mass is 10.1. The molecule has 0 aliphatic rings. The molecule has 0 aliphatic heterocycles. The first-order chi connectivity index (χ1) is 7.19. The van der Waals surface area contributed by atoms with Crippen molar-refractivity contribution in [2.24, 2.45) is 0 Å². The summed E-state index contributed by atoms with van der Waals surface area (Å²) in [5, 5.41) is 9.46. The molecule has 0 radical (unpaired) electrons. The van der Waals surface area contributed by atoms with Crippen LogP contribution in [0.5, 0.6) is 5.75 Å². The number of benzene rings is 1. The van der Waals surface area contributed by atoms with Crippen LogP contribution in [-0.4, -0.2) is 23.5 Å². The van der Waals surface area contributed by atoms with Crippen molar-refractivity contribution in [3.8, 4) is 17.6 Å². The highest BCUT2D eigenvalue weighted by molar-refractivity contribution is 9.09. The van der Waals surface area contributed by atoms with Gasteiger partial charge in [-0.05, 0) is 18.2 Å². The first-order valence-corrected chi connectivity index (χ1v) is 5.27. The van der Waals surface area contributed by atoms with Crippen molar-refractivity contribution in [2.45, 2.75) is 0 Å². The van der Waals surface area contributed by atoms with Crippen LogP contribution in [0.3, 0.4) is 0 Å². The van der Waals surface area contributed by atoms with Gasteiger partial charge in [-0.3, -0.25) is 0 Å². The Kier molecular flexibility index (Phi) is 4.19. The van der Waals surface area contributed by atoms with Gasteiger partial charge in [-0.1, -0.05) is 27.8 Å². The van der Waals surface area contributed by atoms with Gasteiger partial charge in [-0.25, -0.2) is 4.79 Å². The van der Waals surface area contributed by atoms with Gasteiger partial charge >= 0.3 is 5.97 Å². The van der Waals surface area contributed by atoms with E-state index in [0.717, 1.165) is 0 Å². The molecule has 1 N–H and O–H groups in total. The number of carbonyl (C=O) groups is 1.